The van der Waals surface area contributed by atoms with E-state index in [9.17, 15) is 9.59 Å². The number of ether oxygens (including phenoxy) is 1. The highest BCUT2D eigenvalue weighted by atomic mass is 16.5. The summed E-state index contributed by atoms with van der Waals surface area (Å²) in [5.74, 6) is 0.795. The van der Waals surface area contributed by atoms with Crippen molar-refractivity contribution in [2.75, 3.05) is 83.6 Å². The van der Waals surface area contributed by atoms with Crippen molar-refractivity contribution in [1.82, 2.24) is 30.2 Å². The lowest BCUT2D eigenvalue weighted by molar-refractivity contribution is -0.132. The SMILES string of the molecule is CCCNC(=O)N(CCN1CCOCC1)CC(=O)N1CCN(c2ccc(-c3ccc(C)cc3)nn2)CC1. The molecule has 1 N–H and O–H groups in total. The summed E-state index contributed by atoms with van der Waals surface area (Å²) in [6.45, 7) is 11.7. The number of piperazine rings is 1. The van der Waals surface area contributed by atoms with Gasteiger partial charge in [-0.3, -0.25) is 9.69 Å². The first-order valence-electron chi connectivity index (χ1n) is 13.3. The third-order valence-corrected chi connectivity index (χ3v) is 6.88. The number of aryl methyl sites for hydroxylation is 1. The summed E-state index contributed by atoms with van der Waals surface area (Å²) in [7, 11) is 0. The zero-order valence-electron chi connectivity index (χ0n) is 22.1. The fourth-order valence-electron chi connectivity index (χ4n) is 4.50. The van der Waals surface area contributed by atoms with Crippen molar-refractivity contribution >= 4 is 17.8 Å². The smallest absolute Gasteiger partial charge is 0.317 e. The van der Waals surface area contributed by atoms with Gasteiger partial charge in [-0.15, -0.1) is 10.2 Å². The van der Waals surface area contributed by atoms with E-state index in [0.717, 1.165) is 43.1 Å². The number of anilines is 1. The first-order chi connectivity index (χ1) is 18.0. The van der Waals surface area contributed by atoms with E-state index < -0.39 is 0 Å². The van der Waals surface area contributed by atoms with Crippen LogP contribution in [0.25, 0.3) is 11.3 Å². The molecule has 0 saturated carbocycles. The third-order valence-electron chi connectivity index (χ3n) is 6.88. The van der Waals surface area contributed by atoms with Crippen molar-refractivity contribution in [1.29, 1.82) is 0 Å². The largest absolute Gasteiger partial charge is 0.379 e. The molecule has 2 saturated heterocycles. The fourth-order valence-corrected chi connectivity index (χ4v) is 4.50. The molecule has 0 aliphatic carbocycles. The Morgan fingerprint density at radius 2 is 1.70 bits per heavy atom. The van der Waals surface area contributed by atoms with Crippen LogP contribution >= 0.6 is 0 Å². The average molecular weight is 510 g/mol. The van der Waals surface area contributed by atoms with Gasteiger partial charge in [0, 0.05) is 64.5 Å². The van der Waals surface area contributed by atoms with Crippen LogP contribution in [0, 0.1) is 6.92 Å². The predicted molar refractivity (Wildman–Crippen MR) is 144 cm³/mol. The summed E-state index contributed by atoms with van der Waals surface area (Å²) in [6.07, 6.45) is 0.855. The minimum atomic E-state index is -0.175. The maximum atomic E-state index is 13.1. The van der Waals surface area contributed by atoms with Crippen LogP contribution in [-0.4, -0.2) is 115 Å². The quantitative estimate of drug-likeness (QED) is 0.551. The zero-order valence-corrected chi connectivity index (χ0v) is 22.1. The minimum absolute atomic E-state index is 0.0194. The van der Waals surface area contributed by atoms with Crippen LogP contribution in [0.3, 0.4) is 0 Å². The highest BCUT2D eigenvalue weighted by Gasteiger charge is 2.26. The molecular formula is C27H39N7O3. The topological polar surface area (TPSA) is 94.1 Å². The standard InChI is InChI=1S/C27H39N7O3/c1-3-10-28-27(36)34(12-11-31-17-19-37-20-18-31)21-26(35)33-15-13-32(14-16-33)25-9-8-24(29-30-25)23-6-4-22(2)5-7-23/h4-9H,3,10-21H2,1-2H3,(H,28,36). The fraction of sp³-hybridized carbons (Fsp3) is 0.556. The molecule has 2 aliphatic rings. The number of hydrogen-bond acceptors (Lipinski definition) is 7. The molecule has 1 aromatic heterocycles. The van der Waals surface area contributed by atoms with E-state index >= 15 is 0 Å². The third kappa shape index (κ3) is 7.62. The number of nitrogens with zero attached hydrogens (tertiary/aromatic N) is 6. The van der Waals surface area contributed by atoms with Gasteiger partial charge in [-0.2, -0.15) is 0 Å². The van der Waals surface area contributed by atoms with Crippen LogP contribution in [0.2, 0.25) is 0 Å². The Morgan fingerprint density at radius 3 is 2.35 bits per heavy atom. The van der Waals surface area contributed by atoms with Crippen LogP contribution in [0.4, 0.5) is 10.6 Å². The number of morpholine rings is 1. The normalized spacial score (nSPS) is 16.5. The van der Waals surface area contributed by atoms with Gasteiger partial charge in [0.25, 0.3) is 0 Å². The van der Waals surface area contributed by atoms with Crippen molar-refractivity contribution < 1.29 is 14.3 Å². The van der Waals surface area contributed by atoms with E-state index in [1.54, 1.807) is 4.90 Å². The Labute approximate surface area is 219 Å². The van der Waals surface area contributed by atoms with Crippen LogP contribution in [0.5, 0.6) is 0 Å². The number of benzene rings is 1. The molecule has 2 fully saturated rings. The van der Waals surface area contributed by atoms with Crippen LogP contribution in [0.1, 0.15) is 18.9 Å². The lowest BCUT2D eigenvalue weighted by Gasteiger charge is -2.36. The van der Waals surface area contributed by atoms with E-state index in [0.29, 0.717) is 52.5 Å². The molecular weight excluding hydrogens is 470 g/mol. The molecule has 2 aliphatic heterocycles. The molecule has 0 unspecified atom stereocenters. The molecule has 3 heterocycles. The van der Waals surface area contributed by atoms with Gasteiger partial charge in [0.15, 0.2) is 5.82 Å². The Kier molecular flexibility index (Phi) is 9.67. The molecule has 2 aromatic rings. The lowest BCUT2D eigenvalue weighted by Crippen LogP contribution is -2.54. The van der Waals surface area contributed by atoms with Gasteiger partial charge >= 0.3 is 6.03 Å². The molecule has 4 rings (SSSR count). The van der Waals surface area contributed by atoms with Gasteiger partial charge in [-0.05, 0) is 25.5 Å². The number of carbonyl (C=O) groups is 2. The van der Waals surface area contributed by atoms with E-state index in [-0.39, 0.29) is 18.5 Å². The van der Waals surface area contributed by atoms with Crippen LogP contribution in [-0.2, 0) is 9.53 Å². The molecule has 3 amide bonds. The number of aromatic nitrogens is 2. The van der Waals surface area contributed by atoms with Crippen molar-refractivity contribution in [3.8, 4) is 11.3 Å². The first-order valence-corrected chi connectivity index (χ1v) is 13.3. The number of nitrogens with one attached hydrogen (secondary N) is 1. The molecule has 1 aromatic carbocycles. The van der Waals surface area contributed by atoms with E-state index in [4.69, 9.17) is 4.74 Å². The van der Waals surface area contributed by atoms with Gasteiger partial charge in [0.2, 0.25) is 5.91 Å². The van der Waals surface area contributed by atoms with Crippen molar-refractivity contribution in [3.63, 3.8) is 0 Å². The first kappa shape index (κ1) is 26.8. The van der Waals surface area contributed by atoms with Gasteiger partial charge in [0.1, 0.15) is 6.54 Å². The summed E-state index contributed by atoms with van der Waals surface area (Å²) in [6, 6.07) is 12.0. The van der Waals surface area contributed by atoms with Crippen molar-refractivity contribution in [2.24, 2.45) is 0 Å². The summed E-state index contributed by atoms with van der Waals surface area (Å²) in [5, 5.41) is 11.8. The number of carbonyl (C=O) groups excluding carboxylic acids is 2. The molecule has 0 bridgehead atoms. The Bertz CT molecular complexity index is 1000. The number of urea groups is 1. The Balaban J connectivity index is 1.29. The van der Waals surface area contributed by atoms with Gasteiger partial charge in [-0.1, -0.05) is 36.8 Å². The summed E-state index contributed by atoms with van der Waals surface area (Å²) >= 11 is 0. The number of rotatable bonds is 9. The maximum Gasteiger partial charge on any atom is 0.317 e. The second kappa shape index (κ2) is 13.3. The monoisotopic (exact) mass is 509 g/mol. The van der Waals surface area contributed by atoms with Gasteiger partial charge < -0.3 is 24.8 Å². The summed E-state index contributed by atoms with van der Waals surface area (Å²) in [5.41, 5.74) is 3.10. The van der Waals surface area contributed by atoms with Crippen molar-refractivity contribution in [2.45, 2.75) is 20.3 Å². The zero-order chi connectivity index (χ0) is 26.0. The van der Waals surface area contributed by atoms with Crippen LogP contribution in [0.15, 0.2) is 36.4 Å². The number of amides is 3. The molecule has 0 spiro atoms. The Morgan fingerprint density at radius 1 is 0.973 bits per heavy atom. The second-order valence-electron chi connectivity index (χ2n) is 9.62. The molecule has 10 nitrogen and oxygen atoms in total. The van der Waals surface area contributed by atoms with Crippen LogP contribution < -0.4 is 10.2 Å². The summed E-state index contributed by atoms with van der Waals surface area (Å²) in [4.78, 5) is 33.8. The second-order valence-corrected chi connectivity index (χ2v) is 9.62. The van der Waals surface area contributed by atoms with Gasteiger partial charge in [0.05, 0.1) is 18.9 Å². The Hall–Kier alpha value is -3.24. The molecule has 200 valence electrons. The molecule has 37 heavy (non-hydrogen) atoms. The molecule has 0 radical (unpaired) electrons. The highest BCUT2D eigenvalue weighted by Crippen LogP contribution is 2.20. The summed E-state index contributed by atoms with van der Waals surface area (Å²) < 4.78 is 5.41. The van der Waals surface area contributed by atoms with E-state index in [1.165, 1.54) is 5.56 Å². The predicted octanol–water partition coefficient (Wildman–Crippen LogP) is 1.85. The molecule has 0 atom stereocenters. The van der Waals surface area contributed by atoms with E-state index in [2.05, 4.69) is 56.5 Å². The number of hydrogen-bond donors (Lipinski definition) is 1. The van der Waals surface area contributed by atoms with E-state index in [1.807, 2.05) is 24.0 Å². The average Bonchev–Trinajstić information content (AvgIpc) is 2.95. The van der Waals surface area contributed by atoms with Crippen molar-refractivity contribution in [3.05, 3.63) is 42.0 Å². The highest BCUT2D eigenvalue weighted by molar-refractivity contribution is 5.84. The maximum absolute atomic E-state index is 13.1. The molecule has 10 heteroatoms. The minimum Gasteiger partial charge on any atom is -0.379 e. The lowest BCUT2D eigenvalue weighted by atomic mass is 10.1. The van der Waals surface area contributed by atoms with Gasteiger partial charge in [-0.25, -0.2) is 4.79 Å².